The van der Waals surface area contributed by atoms with Crippen LogP contribution in [0.15, 0.2) is 46.4 Å². The molecule has 0 saturated heterocycles. The fourth-order valence-electron chi connectivity index (χ4n) is 3.59. The fourth-order valence-corrected chi connectivity index (χ4v) is 4.17. The minimum Gasteiger partial charge on any atom is -0.490 e. The molecule has 0 bridgehead atoms. The van der Waals surface area contributed by atoms with Crippen LogP contribution >= 0.6 is 15.9 Å². The van der Waals surface area contributed by atoms with Crippen LogP contribution in [0.25, 0.3) is 6.08 Å². The van der Waals surface area contributed by atoms with Crippen molar-refractivity contribution in [2.24, 2.45) is 0 Å². The lowest BCUT2D eigenvalue weighted by Gasteiger charge is -2.15. The number of rotatable bonds is 9. The van der Waals surface area contributed by atoms with Crippen molar-refractivity contribution in [3.8, 4) is 17.6 Å². The van der Waals surface area contributed by atoms with E-state index in [1.54, 1.807) is 24.3 Å². The van der Waals surface area contributed by atoms with E-state index in [1.165, 1.54) is 18.2 Å². The lowest BCUT2D eigenvalue weighted by atomic mass is 10.1. The number of ether oxygens (including phenoxy) is 2. The number of non-ortho nitro benzene ring substituents is 1. The number of hydrogen-bond acceptors (Lipinski definition) is 6. The van der Waals surface area contributed by atoms with Crippen LogP contribution in [-0.2, 0) is 11.4 Å². The number of benzene rings is 2. The van der Waals surface area contributed by atoms with Crippen molar-refractivity contribution in [3.63, 3.8) is 0 Å². The Morgan fingerprint density at radius 1 is 1.27 bits per heavy atom. The van der Waals surface area contributed by atoms with Gasteiger partial charge < -0.3 is 14.8 Å². The summed E-state index contributed by atoms with van der Waals surface area (Å²) >= 11 is 3.49. The van der Waals surface area contributed by atoms with Crippen LogP contribution in [0.2, 0.25) is 0 Å². The standard InChI is InChI=1S/C24H24BrN3O5/c1-2-32-22-13-17(11-18(14-26)24(29)27-19-5-3-4-6-19)12-21(25)23(22)33-15-16-7-9-20(10-8-16)28(30)31/h7-13,19H,2-6,15H2,1H3,(H,27,29)/b18-11-. The first kappa shape index (κ1) is 24.3. The number of nitrogens with one attached hydrogen (secondary N) is 1. The Morgan fingerprint density at radius 3 is 2.58 bits per heavy atom. The quantitative estimate of drug-likeness (QED) is 0.210. The lowest BCUT2D eigenvalue weighted by molar-refractivity contribution is -0.384. The Kier molecular flexibility index (Phi) is 8.44. The largest absolute Gasteiger partial charge is 0.490 e. The van der Waals surface area contributed by atoms with Crippen molar-refractivity contribution < 1.29 is 19.2 Å². The molecule has 172 valence electrons. The summed E-state index contributed by atoms with van der Waals surface area (Å²) in [5, 5.41) is 23.2. The maximum atomic E-state index is 12.5. The zero-order valence-electron chi connectivity index (χ0n) is 18.2. The normalized spacial score (nSPS) is 13.9. The van der Waals surface area contributed by atoms with Gasteiger partial charge >= 0.3 is 0 Å². The van der Waals surface area contributed by atoms with Crippen molar-refractivity contribution in [2.75, 3.05) is 6.61 Å². The number of amides is 1. The molecule has 2 aromatic carbocycles. The maximum Gasteiger partial charge on any atom is 0.269 e. The van der Waals surface area contributed by atoms with Gasteiger partial charge in [-0.25, -0.2) is 0 Å². The number of nitro benzene ring substituents is 1. The van der Waals surface area contributed by atoms with Gasteiger partial charge in [0.15, 0.2) is 11.5 Å². The Balaban J connectivity index is 1.79. The first-order valence-corrected chi connectivity index (χ1v) is 11.5. The molecule has 0 heterocycles. The van der Waals surface area contributed by atoms with E-state index >= 15 is 0 Å². The third kappa shape index (κ3) is 6.56. The minimum atomic E-state index is -0.454. The van der Waals surface area contributed by atoms with E-state index in [0.717, 1.165) is 31.2 Å². The third-order valence-corrected chi connectivity index (χ3v) is 5.82. The maximum absolute atomic E-state index is 12.5. The summed E-state index contributed by atoms with van der Waals surface area (Å²) < 4.78 is 12.2. The fraction of sp³-hybridized carbons (Fsp3) is 0.333. The molecule has 9 heteroatoms. The van der Waals surface area contributed by atoms with Crippen molar-refractivity contribution >= 4 is 33.6 Å². The summed E-state index contributed by atoms with van der Waals surface area (Å²) in [7, 11) is 0. The van der Waals surface area contributed by atoms with Crippen LogP contribution in [-0.4, -0.2) is 23.5 Å². The molecule has 1 saturated carbocycles. The van der Waals surface area contributed by atoms with Crippen LogP contribution in [0.1, 0.15) is 43.7 Å². The van der Waals surface area contributed by atoms with Gasteiger partial charge in [0.05, 0.1) is 16.0 Å². The van der Waals surface area contributed by atoms with E-state index in [9.17, 15) is 20.2 Å². The molecule has 1 fully saturated rings. The number of hydrogen-bond donors (Lipinski definition) is 1. The summed E-state index contributed by atoms with van der Waals surface area (Å²) in [6, 6.07) is 11.7. The zero-order chi connectivity index (χ0) is 23.8. The molecule has 2 aromatic rings. The highest BCUT2D eigenvalue weighted by atomic mass is 79.9. The molecule has 1 amide bonds. The van der Waals surface area contributed by atoms with Gasteiger partial charge in [-0.15, -0.1) is 0 Å². The molecule has 0 atom stereocenters. The molecule has 1 aliphatic carbocycles. The number of nitrogens with zero attached hydrogens (tertiary/aromatic N) is 2. The summed E-state index contributed by atoms with van der Waals surface area (Å²) in [6.07, 6.45) is 5.57. The van der Waals surface area contributed by atoms with E-state index in [1.807, 2.05) is 13.0 Å². The molecule has 0 aliphatic heterocycles. The van der Waals surface area contributed by atoms with Crippen molar-refractivity contribution in [1.82, 2.24) is 5.32 Å². The zero-order valence-corrected chi connectivity index (χ0v) is 19.8. The van der Waals surface area contributed by atoms with Gasteiger partial charge in [-0.3, -0.25) is 14.9 Å². The molecule has 0 spiro atoms. The first-order valence-electron chi connectivity index (χ1n) is 10.7. The predicted molar refractivity (Wildman–Crippen MR) is 127 cm³/mol. The molecule has 0 aromatic heterocycles. The summed E-state index contributed by atoms with van der Waals surface area (Å²) in [5.41, 5.74) is 1.41. The van der Waals surface area contributed by atoms with Crippen molar-refractivity contribution in [1.29, 1.82) is 5.26 Å². The molecule has 0 radical (unpaired) electrons. The number of nitro groups is 1. The Hall–Kier alpha value is -3.38. The second-order valence-electron chi connectivity index (χ2n) is 7.60. The Bertz CT molecular complexity index is 1090. The van der Waals surface area contributed by atoms with Gasteiger partial charge in [-0.05, 0) is 77.2 Å². The van der Waals surface area contributed by atoms with Gasteiger partial charge in [0, 0.05) is 18.2 Å². The molecule has 1 N–H and O–H groups in total. The van der Waals surface area contributed by atoms with Crippen molar-refractivity contribution in [2.45, 2.75) is 45.3 Å². The first-order chi connectivity index (χ1) is 15.9. The summed E-state index contributed by atoms with van der Waals surface area (Å²) in [6.45, 7) is 2.41. The monoisotopic (exact) mass is 513 g/mol. The van der Waals surface area contributed by atoms with E-state index in [-0.39, 0.29) is 29.8 Å². The molecule has 33 heavy (non-hydrogen) atoms. The third-order valence-electron chi connectivity index (χ3n) is 5.23. The van der Waals surface area contributed by atoms with E-state index in [2.05, 4.69) is 21.2 Å². The van der Waals surface area contributed by atoms with Gasteiger partial charge in [-0.1, -0.05) is 12.8 Å². The van der Waals surface area contributed by atoms with Crippen LogP contribution in [0.3, 0.4) is 0 Å². The molecule has 1 aliphatic rings. The van der Waals surface area contributed by atoms with Crippen LogP contribution in [0, 0.1) is 21.4 Å². The van der Waals surface area contributed by atoms with E-state index in [0.29, 0.717) is 28.1 Å². The average molecular weight is 514 g/mol. The highest BCUT2D eigenvalue weighted by Gasteiger charge is 2.20. The van der Waals surface area contributed by atoms with Gasteiger partial charge in [0.25, 0.3) is 11.6 Å². The highest BCUT2D eigenvalue weighted by Crippen LogP contribution is 2.38. The second-order valence-corrected chi connectivity index (χ2v) is 8.45. The Labute approximate surface area is 200 Å². The highest BCUT2D eigenvalue weighted by molar-refractivity contribution is 9.10. The van der Waals surface area contributed by atoms with Crippen LogP contribution in [0.4, 0.5) is 5.69 Å². The second kappa shape index (κ2) is 11.5. The predicted octanol–water partition coefficient (Wildman–Crippen LogP) is 5.30. The lowest BCUT2D eigenvalue weighted by Crippen LogP contribution is -2.33. The molecule has 0 unspecified atom stereocenters. The van der Waals surface area contributed by atoms with Gasteiger partial charge in [0.2, 0.25) is 0 Å². The summed E-state index contributed by atoms with van der Waals surface area (Å²) in [5.74, 6) is 0.534. The minimum absolute atomic E-state index is 0.0105. The van der Waals surface area contributed by atoms with Gasteiger partial charge in [0.1, 0.15) is 18.2 Å². The van der Waals surface area contributed by atoms with Crippen molar-refractivity contribution in [3.05, 3.63) is 67.7 Å². The van der Waals surface area contributed by atoms with E-state index < -0.39 is 4.92 Å². The number of carbonyl (C=O) groups excluding carboxylic acids is 1. The Morgan fingerprint density at radius 2 is 1.97 bits per heavy atom. The molecular formula is C24H24BrN3O5. The molecular weight excluding hydrogens is 490 g/mol. The van der Waals surface area contributed by atoms with E-state index in [4.69, 9.17) is 9.47 Å². The average Bonchev–Trinajstić information content (AvgIpc) is 3.30. The van der Waals surface area contributed by atoms with Gasteiger partial charge in [-0.2, -0.15) is 5.26 Å². The van der Waals surface area contributed by atoms with Crippen LogP contribution in [0.5, 0.6) is 11.5 Å². The summed E-state index contributed by atoms with van der Waals surface area (Å²) in [4.78, 5) is 22.9. The topological polar surface area (TPSA) is 114 Å². The molecule has 8 nitrogen and oxygen atoms in total. The SMILES string of the molecule is CCOc1cc(/C=C(/C#N)C(=O)NC2CCCC2)cc(Br)c1OCc1ccc([N+](=O)[O-])cc1. The molecule has 3 rings (SSSR count). The number of carbonyl (C=O) groups is 1. The smallest absolute Gasteiger partial charge is 0.269 e. The van der Waals surface area contributed by atoms with Crippen LogP contribution < -0.4 is 14.8 Å². The number of halogens is 1. The number of nitriles is 1.